The molecule has 1 aliphatic carbocycles. The third kappa shape index (κ3) is 4.54. The molecule has 1 aliphatic rings. The molecule has 1 unspecified atom stereocenters. The molecule has 9 nitrogen and oxygen atoms in total. The van der Waals surface area contributed by atoms with Gasteiger partial charge in [-0.15, -0.1) is 0 Å². The van der Waals surface area contributed by atoms with Crippen LogP contribution in [-0.2, 0) is 14.9 Å². The summed E-state index contributed by atoms with van der Waals surface area (Å²) in [7, 11) is 0. The summed E-state index contributed by atoms with van der Waals surface area (Å²) in [4.78, 5) is 33.2. The van der Waals surface area contributed by atoms with Gasteiger partial charge in [0.1, 0.15) is 18.1 Å². The Labute approximate surface area is 233 Å². The van der Waals surface area contributed by atoms with Gasteiger partial charge in [-0.1, -0.05) is 65.3 Å². The minimum Gasteiger partial charge on any atom is -0.481 e. The van der Waals surface area contributed by atoms with Gasteiger partial charge in [0.2, 0.25) is 0 Å². The molecule has 40 heavy (non-hydrogen) atoms. The van der Waals surface area contributed by atoms with E-state index in [9.17, 15) is 14.7 Å². The van der Waals surface area contributed by atoms with Crippen molar-refractivity contribution in [1.29, 1.82) is 0 Å². The van der Waals surface area contributed by atoms with Gasteiger partial charge in [0, 0.05) is 33.3 Å². The predicted octanol–water partition coefficient (Wildman–Crippen LogP) is 7.03. The van der Waals surface area contributed by atoms with E-state index in [-0.39, 0.29) is 0 Å². The zero-order valence-electron chi connectivity index (χ0n) is 21.3. The average molecular weight is 555 g/mol. The maximum atomic E-state index is 12.7. The number of nitrogens with one attached hydrogen (secondary N) is 1. The number of ether oxygens (including phenoxy) is 1. The minimum atomic E-state index is -0.790. The molecule has 0 saturated heterocycles. The zero-order chi connectivity index (χ0) is 27.9. The molecule has 1 atom stereocenters. The third-order valence-corrected chi connectivity index (χ3v) is 7.61. The molecule has 0 spiro atoms. The first-order valence-electron chi connectivity index (χ1n) is 12.6. The molecular weight excluding hydrogens is 532 g/mol. The smallest absolute Gasteiger partial charge is 0.412 e. The van der Waals surface area contributed by atoms with E-state index < -0.39 is 23.6 Å². The van der Waals surface area contributed by atoms with Gasteiger partial charge in [-0.05, 0) is 43.0 Å². The Balaban J connectivity index is 1.28. The molecule has 1 fully saturated rings. The minimum absolute atomic E-state index is 0.321. The van der Waals surface area contributed by atoms with Crippen molar-refractivity contribution in [3.8, 4) is 22.5 Å². The van der Waals surface area contributed by atoms with Crippen molar-refractivity contribution < 1.29 is 24.0 Å². The summed E-state index contributed by atoms with van der Waals surface area (Å²) in [6.45, 7) is 1.73. The summed E-state index contributed by atoms with van der Waals surface area (Å²) < 4.78 is 11.1. The molecule has 2 aromatic heterocycles. The first kappa shape index (κ1) is 25.5. The fraction of sp³-hybridized carbons (Fsp3) is 0.167. The van der Waals surface area contributed by atoms with Crippen molar-refractivity contribution in [3.63, 3.8) is 0 Å². The topological polar surface area (TPSA) is 127 Å². The molecule has 1 amide bonds. The average Bonchev–Trinajstić information content (AvgIpc) is 3.66. The van der Waals surface area contributed by atoms with Crippen molar-refractivity contribution in [2.45, 2.75) is 31.3 Å². The molecule has 0 radical (unpaired) electrons. The van der Waals surface area contributed by atoms with Gasteiger partial charge in [-0.2, -0.15) is 0 Å². The highest BCUT2D eigenvalue weighted by Gasteiger charge is 2.51. The summed E-state index contributed by atoms with van der Waals surface area (Å²) in [6.07, 6.45) is 4.55. The molecule has 10 heteroatoms. The Morgan fingerprint density at radius 3 is 2.52 bits per heavy atom. The number of aromatic nitrogens is 3. The highest BCUT2D eigenvalue weighted by Crippen LogP contribution is 2.49. The number of hydrogen-bond donors (Lipinski definition) is 2. The number of anilines is 1. The highest BCUT2D eigenvalue weighted by molar-refractivity contribution is 6.31. The second-order valence-electron chi connectivity index (χ2n) is 9.67. The van der Waals surface area contributed by atoms with Gasteiger partial charge in [0.25, 0.3) is 0 Å². The van der Waals surface area contributed by atoms with Crippen molar-refractivity contribution in [3.05, 3.63) is 95.5 Å². The first-order chi connectivity index (χ1) is 19.4. The molecule has 2 N–H and O–H groups in total. The van der Waals surface area contributed by atoms with Gasteiger partial charge in [-0.3, -0.25) is 10.1 Å². The number of carbonyl (C=O) groups is 2. The van der Waals surface area contributed by atoms with Crippen molar-refractivity contribution in [2.75, 3.05) is 5.32 Å². The van der Waals surface area contributed by atoms with E-state index in [1.54, 1.807) is 31.3 Å². The lowest BCUT2D eigenvalue weighted by Gasteiger charge is -2.15. The molecule has 3 aromatic carbocycles. The Morgan fingerprint density at radius 1 is 1.05 bits per heavy atom. The quantitative estimate of drug-likeness (QED) is 0.219. The van der Waals surface area contributed by atoms with Crippen molar-refractivity contribution in [2.24, 2.45) is 0 Å². The van der Waals surface area contributed by atoms with Gasteiger partial charge < -0.3 is 14.4 Å². The largest absolute Gasteiger partial charge is 0.481 e. The molecule has 0 bridgehead atoms. The Morgan fingerprint density at radius 2 is 1.80 bits per heavy atom. The molecule has 5 aromatic rings. The summed E-state index contributed by atoms with van der Waals surface area (Å²) in [5.41, 5.74) is 4.06. The summed E-state index contributed by atoms with van der Waals surface area (Å²) in [6, 6.07) is 18.4. The number of carbonyl (C=O) groups excluding carboxylic acids is 1. The van der Waals surface area contributed by atoms with E-state index in [4.69, 9.17) is 20.9 Å². The van der Waals surface area contributed by atoms with E-state index in [0.717, 1.165) is 16.7 Å². The number of carboxylic acids is 1. The van der Waals surface area contributed by atoms with Crippen molar-refractivity contribution in [1.82, 2.24) is 15.1 Å². The van der Waals surface area contributed by atoms with Gasteiger partial charge in [0.15, 0.2) is 5.76 Å². The predicted molar refractivity (Wildman–Crippen MR) is 149 cm³/mol. The maximum Gasteiger partial charge on any atom is 0.412 e. The van der Waals surface area contributed by atoms with Gasteiger partial charge in [0.05, 0.1) is 17.1 Å². The number of amides is 1. The number of carboxylic acid groups (broad SMARTS) is 1. The summed E-state index contributed by atoms with van der Waals surface area (Å²) in [5.74, 6) is -0.470. The van der Waals surface area contributed by atoms with Crippen LogP contribution in [0.2, 0.25) is 5.02 Å². The second-order valence-corrected chi connectivity index (χ2v) is 10.1. The Kier molecular flexibility index (Phi) is 6.43. The molecule has 0 aliphatic heterocycles. The SMILES string of the molecule is CC(OC(=O)Nc1cnoc1-c1ccc(-c2ccc(C3(C(=O)O)CC3)cc2)c2ncncc12)c1ccccc1Cl. The van der Waals surface area contributed by atoms with Gasteiger partial charge >= 0.3 is 12.1 Å². The van der Waals surface area contributed by atoms with Crippen LogP contribution in [0.3, 0.4) is 0 Å². The number of halogens is 1. The highest BCUT2D eigenvalue weighted by atomic mass is 35.5. The van der Waals surface area contributed by atoms with Crippen LogP contribution >= 0.6 is 11.6 Å². The Bertz CT molecular complexity index is 1750. The Hall–Kier alpha value is -4.76. The lowest BCUT2D eigenvalue weighted by molar-refractivity contribution is -0.140. The van der Waals surface area contributed by atoms with E-state index in [1.807, 2.05) is 42.5 Å². The van der Waals surface area contributed by atoms with Crippen LogP contribution in [0.25, 0.3) is 33.4 Å². The van der Waals surface area contributed by atoms with Crippen LogP contribution in [-0.4, -0.2) is 32.3 Å². The number of fused-ring (bicyclic) bond motifs is 1. The second kappa shape index (κ2) is 10.1. The van der Waals surface area contributed by atoms with Crippen LogP contribution in [0.15, 0.2) is 83.9 Å². The van der Waals surface area contributed by atoms with Crippen LogP contribution < -0.4 is 5.32 Å². The lowest BCUT2D eigenvalue weighted by atomic mass is 9.92. The fourth-order valence-electron chi connectivity index (χ4n) is 4.92. The van der Waals surface area contributed by atoms with Crippen molar-refractivity contribution >= 4 is 40.3 Å². The molecule has 200 valence electrons. The number of hydrogen-bond acceptors (Lipinski definition) is 7. The monoisotopic (exact) mass is 554 g/mol. The number of benzene rings is 3. The summed E-state index contributed by atoms with van der Waals surface area (Å²) >= 11 is 6.23. The van der Waals surface area contributed by atoms with E-state index in [0.29, 0.717) is 51.3 Å². The lowest BCUT2D eigenvalue weighted by Crippen LogP contribution is -2.19. The van der Waals surface area contributed by atoms with Crippen LogP contribution in [0, 0.1) is 0 Å². The standard InChI is InChI=1S/C30H23ClN4O5/c1-17(20-4-2-3-5-24(20)31)39-29(38)35-25-15-34-40-27(25)22-11-10-21(26-23(22)14-32-16-33-26)18-6-8-19(9-7-18)30(12-13-30)28(36)37/h2-11,14-17H,12-13H2,1H3,(H,35,38)(H,36,37). The molecular formula is C30H23ClN4O5. The van der Waals surface area contributed by atoms with Gasteiger partial charge in [-0.25, -0.2) is 14.8 Å². The van der Waals surface area contributed by atoms with Crippen LogP contribution in [0.5, 0.6) is 0 Å². The third-order valence-electron chi connectivity index (χ3n) is 7.26. The fourth-order valence-corrected chi connectivity index (χ4v) is 5.21. The number of nitrogens with zero attached hydrogens (tertiary/aromatic N) is 3. The molecule has 2 heterocycles. The summed E-state index contributed by atoms with van der Waals surface area (Å²) in [5, 5.41) is 17.4. The number of rotatable bonds is 7. The number of aliphatic carboxylic acids is 1. The van der Waals surface area contributed by atoms with E-state index in [2.05, 4.69) is 20.4 Å². The van der Waals surface area contributed by atoms with E-state index >= 15 is 0 Å². The maximum absolute atomic E-state index is 12.7. The first-order valence-corrected chi connectivity index (χ1v) is 13.0. The van der Waals surface area contributed by atoms with E-state index in [1.165, 1.54) is 12.5 Å². The molecule has 1 saturated carbocycles. The van der Waals surface area contributed by atoms with Crippen LogP contribution in [0.1, 0.15) is 37.0 Å². The normalized spacial score (nSPS) is 14.4. The zero-order valence-corrected chi connectivity index (χ0v) is 22.1. The molecule has 6 rings (SSSR count). The van der Waals surface area contributed by atoms with Crippen LogP contribution in [0.4, 0.5) is 10.5 Å².